The van der Waals surface area contributed by atoms with Crippen LogP contribution < -0.4 is 0 Å². The molecule has 0 aliphatic carbocycles. The van der Waals surface area contributed by atoms with E-state index in [1.165, 1.54) is 0 Å². The van der Waals surface area contributed by atoms with E-state index in [0.29, 0.717) is 6.61 Å². The topological polar surface area (TPSA) is 50.1 Å². The van der Waals surface area contributed by atoms with Gasteiger partial charge in [0.25, 0.3) is 0 Å². The highest BCUT2D eigenvalue weighted by atomic mass is 16.5. The number of esters is 1. The number of aryl methyl sites for hydroxylation is 1. The number of nitriles is 1. The first kappa shape index (κ1) is 14.0. The molecule has 0 saturated heterocycles. The maximum atomic E-state index is 11.7. The van der Waals surface area contributed by atoms with E-state index in [0.717, 1.165) is 24.0 Å². The molecule has 0 aromatic heterocycles. The zero-order valence-corrected chi connectivity index (χ0v) is 10.8. The molecular formula is C15H17NO2. The minimum Gasteiger partial charge on any atom is -0.462 e. The van der Waals surface area contributed by atoms with Crippen LogP contribution in [0.1, 0.15) is 30.9 Å². The van der Waals surface area contributed by atoms with Gasteiger partial charge in [-0.2, -0.15) is 5.26 Å². The fraction of sp³-hybridized carbons (Fsp3) is 0.333. The van der Waals surface area contributed by atoms with E-state index >= 15 is 0 Å². The van der Waals surface area contributed by atoms with Crippen molar-refractivity contribution in [3.8, 4) is 6.07 Å². The van der Waals surface area contributed by atoms with Gasteiger partial charge in [0, 0.05) is 0 Å². The first-order chi connectivity index (χ1) is 8.69. The van der Waals surface area contributed by atoms with Gasteiger partial charge in [0.2, 0.25) is 0 Å². The molecule has 0 aliphatic heterocycles. The quantitative estimate of drug-likeness (QED) is 0.345. The summed E-state index contributed by atoms with van der Waals surface area (Å²) in [6.45, 7) is 4.31. The highest BCUT2D eigenvalue weighted by molar-refractivity contribution is 5.98. The third-order valence-corrected chi connectivity index (χ3v) is 2.56. The molecule has 0 unspecified atom stereocenters. The fourth-order valence-corrected chi connectivity index (χ4v) is 1.43. The van der Waals surface area contributed by atoms with Gasteiger partial charge >= 0.3 is 5.97 Å². The van der Waals surface area contributed by atoms with Gasteiger partial charge in [-0.15, -0.1) is 0 Å². The lowest BCUT2D eigenvalue weighted by atomic mass is 10.1. The number of rotatable bonds is 5. The summed E-state index contributed by atoms with van der Waals surface area (Å²) in [5.41, 5.74) is 1.92. The standard InChI is InChI=1S/C15H17NO2/c1-3-4-9-18-15(17)14(11-16)10-13-8-6-5-7-12(13)2/h5-8,10H,3-4,9H2,1-2H3/b14-10-. The van der Waals surface area contributed by atoms with Crippen LogP contribution in [0.2, 0.25) is 0 Å². The monoisotopic (exact) mass is 243 g/mol. The average Bonchev–Trinajstić information content (AvgIpc) is 2.38. The Balaban J connectivity index is 2.81. The summed E-state index contributed by atoms with van der Waals surface area (Å²) >= 11 is 0. The van der Waals surface area contributed by atoms with Crippen molar-refractivity contribution in [1.82, 2.24) is 0 Å². The van der Waals surface area contributed by atoms with Crippen molar-refractivity contribution in [3.05, 3.63) is 41.0 Å². The maximum Gasteiger partial charge on any atom is 0.348 e. The number of benzene rings is 1. The van der Waals surface area contributed by atoms with Crippen LogP contribution in [0.5, 0.6) is 0 Å². The maximum absolute atomic E-state index is 11.7. The number of carbonyl (C=O) groups is 1. The second kappa shape index (κ2) is 7.29. The smallest absolute Gasteiger partial charge is 0.348 e. The van der Waals surface area contributed by atoms with Gasteiger partial charge in [0.15, 0.2) is 0 Å². The van der Waals surface area contributed by atoms with Crippen LogP contribution in [0.3, 0.4) is 0 Å². The van der Waals surface area contributed by atoms with Crippen LogP contribution in [0.15, 0.2) is 29.8 Å². The summed E-state index contributed by atoms with van der Waals surface area (Å²) in [7, 11) is 0. The minimum absolute atomic E-state index is 0.0420. The molecule has 3 nitrogen and oxygen atoms in total. The van der Waals surface area contributed by atoms with E-state index in [9.17, 15) is 4.79 Å². The van der Waals surface area contributed by atoms with Crippen molar-refractivity contribution in [3.63, 3.8) is 0 Å². The van der Waals surface area contributed by atoms with E-state index < -0.39 is 5.97 Å². The Morgan fingerprint density at radius 2 is 2.17 bits per heavy atom. The summed E-state index contributed by atoms with van der Waals surface area (Å²) in [5, 5.41) is 8.99. The van der Waals surface area contributed by atoms with Gasteiger partial charge in [0.05, 0.1) is 6.61 Å². The van der Waals surface area contributed by atoms with Crippen LogP contribution in [-0.2, 0) is 9.53 Å². The van der Waals surface area contributed by atoms with Crippen molar-refractivity contribution in [2.45, 2.75) is 26.7 Å². The Kier molecular flexibility index (Phi) is 5.66. The van der Waals surface area contributed by atoms with Gasteiger partial charge in [-0.25, -0.2) is 4.79 Å². The second-order valence-electron chi connectivity index (χ2n) is 4.02. The number of carbonyl (C=O) groups excluding carboxylic acids is 1. The summed E-state index contributed by atoms with van der Waals surface area (Å²) in [6.07, 6.45) is 3.34. The lowest BCUT2D eigenvalue weighted by Crippen LogP contribution is -2.07. The van der Waals surface area contributed by atoms with E-state index in [4.69, 9.17) is 10.00 Å². The van der Waals surface area contributed by atoms with Crippen LogP contribution in [0.25, 0.3) is 6.08 Å². The van der Waals surface area contributed by atoms with E-state index in [1.807, 2.05) is 44.2 Å². The van der Waals surface area contributed by atoms with Gasteiger partial charge < -0.3 is 4.74 Å². The first-order valence-corrected chi connectivity index (χ1v) is 6.03. The zero-order chi connectivity index (χ0) is 13.4. The molecule has 94 valence electrons. The molecular weight excluding hydrogens is 226 g/mol. The summed E-state index contributed by atoms with van der Waals surface area (Å²) in [6, 6.07) is 9.48. The van der Waals surface area contributed by atoms with Crippen LogP contribution >= 0.6 is 0 Å². The molecule has 0 atom stereocenters. The summed E-state index contributed by atoms with van der Waals surface area (Å²) in [5.74, 6) is -0.547. The van der Waals surface area contributed by atoms with Crippen molar-refractivity contribution in [2.24, 2.45) is 0 Å². The molecule has 0 saturated carbocycles. The van der Waals surface area contributed by atoms with Gasteiger partial charge in [-0.3, -0.25) is 0 Å². The van der Waals surface area contributed by atoms with Gasteiger partial charge in [0.1, 0.15) is 11.6 Å². The van der Waals surface area contributed by atoms with Gasteiger partial charge in [-0.05, 0) is 30.5 Å². The Morgan fingerprint density at radius 3 is 2.78 bits per heavy atom. The van der Waals surface area contributed by atoms with E-state index in [2.05, 4.69) is 0 Å². The third kappa shape index (κ3) is 4.06. The fourth-order valence-electron chi connectivity index (χ4n) is 1.43. The normalized spacial score (nSPS) is 10.8. The molecule has 0 heterocycles. The number of hydrogen-bond donors (Lipinski definition) is 0. The first-order valence-electron chi connectivity index (χ1n) is 6.03. The van der Waals surface area contributed by atoms with Crippen LogP contribution in [0, 0.1) is 18.3 Å². The summed E-state index contributed by atoms with van der Waals surface area (Å²) < 4.78 is 5.02. The van der Waals surface area contributed by atoms with Gasteiger partial charge in [-0.1, -0.05) is 37.6 Å². The number of ether oxygens (including phenoxy) is 1. The zero-order valence-electron chi connectivity index (χ0n) is 10.8. The van der Waals surface area contributed by atoms with E-state index in [1.54, 1.807) is 6.08 Å². The van der Waals surface area contributed by atoms with Crippen molar-refractivity contribution < 1.29 is 9.53 Å². The second-order valence-corrected chi connectivity index (χ2v) is 4.02. The molecule has 0 bridgehead atoms. The average molecular weight is 243 g/mol. The molecule has 0 amide bonds. The molecule has 0 N–H and O–H groups in total. The van der Waals surface area contributed by atoms with Crippen molar-refractivity contribution >= 4 is 12.0 Å². The van der Waals surface area contributed by atoms with Crippen LogP contribution in [0.4, 0.5) is 0 Å². The molecule has 18 heavy (non-hydrogen) atoms. The Hall–Kier alpha value is -2.08. The molecule has 1 rings (SSSR count). The van der Waals surface area contributed by atoms with Crippen LogP contribution in [-0.4, -0.2) is 12.6 Å². The van der Waals surface area contributed by atoms with Crippen molar-refractivity contribution in [1.29, 1.82) is 5.26 Å². The lowest BCUT2D eigenvalue weighted by Gasteiger charge is -2.03. The lowest BCUT2D eigenvalue weighted by molar-refractivity contribution is -0.138. The van der Waals surface area contributed by atoms with E-state index in [-0.39, 0.29) is 5.57 Å². The number of hydrogen-bond acceptors (Lipinski definition) is 3. The Morgan fingerprint density at radius 1 is 1.44 bits per heavy atom. The molecule has 1 aromatic carbocycles. The predicted molar refractivity (Wildman–Crippen MR) is 70.6 cm³/mol. The van der Waals surface area contributed by atoms with Crippen molar-refractivity contribution in [2.75, 3.05) is 6.61 Å². The molecule has 3 heteroatoms. The highest BCUT2D eigenvalue weighted by Crippen LogP contribution is 2.12. The highest BCUT2D eigenvalue weighted by Gasteiger charge is 2.10. The number of unbranched alkanes of at least 4 members (excludes halogenated alkanes) is 1. The molecule has 0 aliphatic rings. The minimum atomic E-state index is -0.547. The SMILES string of the molecule is CCCCOC(=O)/C(C#N)=C\c1ccccc1C. The molecule has 1 aromatic rings. The molecule has 0 spiro atoms. The predicted octanol–water partition coefficient (Wildman–Crippen LogP) is 3.25. The Bertz CT molecular complexity index is 484. The summed E-state index contributed by atoms with van der Waals surface area (Å²) in [4.78, 5) is 11.7. The Labute approximate surface area is 108 Å². The number of nitrogens with zero attached hydrogens (tertiary/aromatic N) is 1. The third-order valence-electron chi connectivity index (χ3n) is 2.56. The largest absolute Gasteiger partial charge is 0.462 e. The molecule has 0 radical (unpaired) electrons. The molecule has 0 fully saturated rings.